The van der Waals surface area contributed by atoms with Gasteiger partial charge in [0.2, 0.25) is 0 Å². The maximum atomic E-state index is 13.2. The third-order valence-corrected chi connectivity index (χ3v) is 5.23. The summed E-state index contributed by atoms with van der Waals surface area (Å²) in [5, 5.41) is 3.58. The number of thioether (sulfide) groups is 1. The molecule has 1 nitrogen and oxygen atoms in total. The Hall–Kier alpha value is -0.840. The van der Waals surface area contributed by atoms with Crippen molar-refractivity contribution in [3.63, 3.8) is 0 Å². The van der Waals surface area contributed by atoms with Crippen LogP contribution in [-0.4, -0.2) is 5.75 Å². The van der Waals surface area contributed by atoms with Crippen LogP contribution >= 0.6 is 27.7 Å². The van der Waals surface area contributed by atoms with E-state index >= 15 is 0 Å². The number of rotatable bonds is 3. The first-order valence-corrected chi connectivity index (χ1v) is 8.41. The quantitative estimate of drug-likeness (QED) is 0.842. The third kappa shape index (κ3) is 3.08. The van der Waals surface area contributed by atoms with Crippen LogP contribution in [0.25, 0.3) is 0 Å². The number of hydrogen-bond acceptors (Lipinski definition) is 2. The van der Waals surface area contributed by atoms with E-state index in [4.69, 9.17) is 0 Å². The van der Waals surface area contributed by atoms with Gasteiger partial charge in [-0.05, 0) is 57.4 Å². The first-order valence-electron chi connectivity index (χ1n) is 6.63. The fourth-order valence-corrected chi connectivity index (χ4v) is 4.00. The van der Waals surface area contributed by atoms with Gasteiger partial charge in [-0.1, -0.05) is 24.3 Å². The van der Waals surface area contributed by atoms with E-state index in [1.54, 1.807) is 0 Å². The molecule has 0 bridgehead atoms. The standard InChI is InChI=1S/C16H15BrFNS/c17-13-9-11(5-6-14(13)18)10-19-15-7-8-20-16-4-2-1-3-12(15)16/h1-6,9,15,19H,7-8,10H2. The van der Waals surface area contributed by atoms with Crippen LogP contribution in [0.4, 0.5) is 4.39 Å². The summed E-state index contributed by atoms with van der Waals surface area (Å²) >= 11 is 5.15. The molecule has 1 heterocycles. The van der Waals surface area contributed by atoms with Gasteiger partial charge in [-0.2, -0.15) is 0 Å². The van der Waals surface area contributed by atoms with Crippen molar-refractivity contribution in [1.29, 1.82) is 0 Å². The topological polar surface area (TPSA) is 12.0 Å². The Morgan fingerprint density at radius 2 is 2.10 bits per heavy atom. The summed E-state index contributed by atoms with van der Waals surface area (Å²) < 4.78 is 13.7. The van der Waals surface area contributed by atoms with Crippen LogP contribution in [0.3, 0.4) is 0 Å². The van der Waals surface area contributed by atoms with Crippen molar-refractivity contribution >= 4 is 27.7 Å². The van der Waals surface area contributed by atoms with Crippen LogP contribution < -0.4 is 5.32 Å². The monoisotopic (exact) mass is 351 g/mol. The molecular weight excluding hydrogens is 337 g/mol. The minimum atomic E-state index is -0.215. The first-order chi connectivity index (χ1) is 9.74. The summed E-state index contributed by atoms with van der Waals surface area (Å²) in [6, 6.07) is 14.1. The molecule has 4 heteroatoms. The molecule has 1 N–H and O–H groups in total. The van der Waals surface area contributed by atoms with E-state index in [-0.39, 0.29) is 5.82 Å². The van der Waals surface area contributed by atoms with Gasteiger partial charge >= 0.3 is 0 Å². The molecule has 0 aliphatic carbocycles. The number of nitrogens with one attached hydrogen (secondary N) is 1. The average Bonchev–Trinajstić information content (AvgIpc) is 2.48. The van der Waals surface area contributed by atoms with Gasteiger partial charge in [-0.25, -0.2) is 4.39 Å². The van der Waals surface area contributed by atoms with Gasteiger partial charge in [0.05, 0.1) is 4.47 Å². The number of fused-ring (bicyclic) bond motifs is 1. The van der Waals surface area contributed by atoms with Crippen molar-refractivity contribution in [2.45, 2.75) is 23.9 Å². The summed E-state index contributed by atoms with van der Waals surface area (Å²) in [4.78, 5) is 1.37. The lowest BCUT2D eigenvalue weighted by atomic mass is 10.0. The highest BCUT2D eigenvalue weighted by Crippen LogP contribution is 2.35. The number of hydrogen-bond donors (Lipinski definition) is 1. The Morgan fingerprint density at radius 1 is 1.25 bits per heavy atom. The normalized spacial score (nSPS) is 17.8. The zero-order valence-corrected chi connectivity index (χ0v) is 13.3. The second-order valence-electron chi connectivity index (χ2n) is 4.86. The van der Waals surface area contributed by atoms with E-state index in [0.717, 1.165) is 24.3 Å². The highest BCUT2D eigenvalue weighted by atomic mass is 79.9. The van der Waals surface area contributed by atoms with Crippen LogP contribution in [0.15, 0.2) is 51.8 Å². The molecule has 1 aliphatic heterocycles. The Kier molecular flexibility index (Phi) is 4.44. The predicted octanol–water partition coefficient (Wildman–Crippen LogP) is 4.91. The lowest BCUT2D eigenvalue weighted by Crippen LogP contribution is -2.24. The molecule has 0 saturated carbocycles. The minimum Gasteiger partial charge on any atom is -0.306 e. The Morgan fingerprint density at radius 3 is 2.95 bits per heavy atom. The molecule has 0 aromatic heterocycles. The van der Waals surface area contributed by atoms with Gasteiger partial charge in [0.1, 0.15) is 5.82 Å². The fourth-order valence-electron chi connectivity index (χ4n) is 2.44. The van der Waals surface area contributed by atoms with Gasteiger partial charge in [-0.15, -0.1) is 11.8 Å². The molecule has 0 saturated heterocycles. The Labute approximate surface area is 131 Å². The molecule has 0 amide bonds. The molecule has 3 rings (SSSR count). The van der Waals surface area contributed by atoms with E-state index in [0.29, 0.717) is 10.5 Å². The molecular formula is C16H15BrFNS. The summed E-state index contributed by atoms with van der Waals surface area (Å²) in [6.07, 6.45) is 1.13. The largest absolute Gasteiger partial charge is 0.306 e. The smallest absolute Gasteiger partial charge is 0.137 e. The third-order valence-electron chi connectivity index (χ3n) is 3.50. The summed E-state index contributed by atoms with van der Waals surface area (Å²) in [6.45, 7) is 0.753. The Balaban J connectivity index is 1.71. The van der Waals surface area contributed by atoms with Crippen molar-refractivity contribution < 1.29 is 4.39 Å². The van der Waals surface area contributed by atoms with Gasteiger partial charge in [-0.3, -0.25) is 0 Å². The zero-order chi connectivity index (χ0) is 13.9. The van der Waals surface area contributed by atoms with Gasteiger partial charge in [0.25, 0.3) is 0 Å². The van der Waals surface area contributed by atoms with Crippen LogP contribution in [-0.2, 0) is 6.54 Å². The molecule has 2 aromatic carbocycles. The van der Waals surface area contributed by atoms with E-state index in [9.17, 15) is 4.39 Å². The second-order valence-corrected chi connectivity index (χ2v) is 6.85. The van der Waals surface area contributed by atoms with Crippen LogP contribution in [0.1, 0.15) is 23.6 Å². The van der Waals surface area contributed by atoms with Crippen LogP contribution in [0.5, 0.6) is 0 Å². The molecule has 1 unspecified atom stereocenters. The van der Waals surface area contributed by atoms with E-state index in [1.165, 1.54) is 16.5 Å². The molecule has 1 atom stereocenters. The van der Waals surface area contributed by atoms with Gasteiger partial charge in [0.15, 0.2) is 0 Å². The summed E-state index contributed by atoms with van der Waals surface area (Å²) in [7, 11) is 0. The van der Waals surface area contributed by atoms with Crippen molar-refractivity contribution in [1.82, 2.24) is 5.32 Å². The molecule has 104 valence electrons. The maximum Gasteiger partial charge on any atom is 0.137 e. The molecule has 2 aromatic rings. The minimum absolute atomic E-state index is 0.215. The van der Waals surface area contributed by atoms with Gasteiger partial charge in [0, 0.05) is 17.5 Å². The molecule has 0 radical (unpaired) electrons. The maximum absolute atomic E-state index is 13.2. The molecule has 1 aliphatic rings. The molecule has 20 heavy (non-hydrogen) atoms. The highest BCUT2D eigenvalue weighted by Gasteiger charge is 2.19. The van der Waals surface area contributed by atoms with Crippen molar-refractivity contribution in [3.8, 4) is 0 Å². The van der Waals surface area contributed by atoms with E-state index in [1.807, 2.05) is 23.9 Å². The zero-order valence-electron chi connectivity index (χ0n) is 10.9. The lowest BCUT2D eigenvalue weighted by molar-refractivity contribution is 0.509. The fraction of sp³-hybridized carbons (Fsp3) is 0.250. The van der Waals surface area contributed by atoms with E-state index in [2.05, 4.69) is 45.5 Å². The number of halogens is 2. The summed E-state index contributed by atoms with van der Waals surface area (Å²) in [5.41, 5.74) is 2.47. The van der Waals surface area contributed by atoms with Crippen molar-refractivity contribution in [2.75, 3.05) is 5.75 Å². The highest BCUT2D eigenvalue weighted by molar-refractivity contribution is 9.10. The number of benzene rings is 2. The predicted molar refractivity (Wildman–Crippen MR) is 85.5 cm³/mol. The first kappa shape index (κ1) is 14.1. The van der Waals surface area contributed by atoms with Crippen molar-refractivity contribution in [3.05, 3.63) is 63.9 Å². The average molecular weight is 352 g/mol. The van der Waals surface area contributed by atoms with E-state index < -0.39 is 0 Å². The molecule has 0 spiro atoms. The van der Waals surface area contributed by atoms with Crippen LogP contribution in [0, 0.1) is 5.82 Å². The SMILES string of the molecule is Fc1ccc(CNC2CCSc3ccccc32)cc1Br. The van der Waals surface area contributed by atoms with Crippen molar-refractivity contribution in [2.24, 2.45) is 0 Å². The van der Waals surface area contributed by atoms with Gasteiger partial charge < -0.3 is 5.32 Å². The van der Waals surface area contributed by atoms with Crippen LogP contribution in [0.2, 0.25) is 0 Å². The lowest BCUT2D eigenvalue weighted by Gasteiger charge is -2.26. The Bertz CT molecular complexity index is 617. The second kappa shape index (κ2) is 6.29. The molecule has 0 fully saturated rings. The summed E-state index contributed by atoms with van der Waals surface area (Å²) in [5.74, 6) is 0.926.